The van der Waals surface area contributed by atoms with Crippen LogP contribution in [0.3, 0.4) is 0 Å². The molecule has 0 bridgehead atoms. The van der Waals surface area contributed by atoms with Crippen LogP contribution in [0.25, 0.3) is 5.69 Å². The minimum absolute atomic E-state index is 0.197. The standard InChI is InChI=1S/C12H14N4O/c13-12-11(8-3-1-4-8)14-15-16(12)9-5-2-6-10(17)7-9/h2,5-8,17H,1,3-4,13H2. The van der Waals surface area contributed by atoms with Gasteiger partial charge < -0.3 is 10.8 Å². The van der Waals surface area contributed by atoms with E-state index >= 15 is 0 Å². The van der Waals surface area contributed by atoms with Gasteiger partial charge in [-0.3, -0.25) is 0 Å². The summed E-state index contributed by atoms with van der Waals surface area (Å²) in [7, 11) is 0. The van der Waals surface area contributed by atoms with E-state index in [2.05, 4.69) is 10.3 Å². The van der Waals surface area contributed by atoms with Crippen LogP contribution in [0.2, 0.25) is 0 Å². The quantitative estimate of drug-likeness (QED) is 0.825. The molecule has 0 saturated heterocycles. The number of nitrogens with zero attached hydrogens (tertiary/aromatic N) is 3. The minimum Gasteiger partial charge on any atom is -0.508 e. The maximum absolute atomic E-state index is 9.44. The van der Waals surface area contributed by atoms with Crippen LogP contribution in [0.5, 0.6) is 5.75 Å². The van der Waals surface area contributed by atoms with Crippen molar-refractivity contribution in [2.75, 3.05) is 5.73 Å². The van der Waals surface area contributed by atoms with E-state index in [1.165, 1.54) is 6.42 Å². The maximum Gasteiger partial charge on any atom is 0.151 e. The van der Waals surface area contributed by atoms with Crippen LogP contribution in [-0.4, -0.2) is 20.1 Å². The van der Waals surface area contributed by atoms with E-state index in [0.29, 0.717) is 11.7 Å². The third-order valence-corrected chi connectivity index (χ3v) is 3.30. The number of benzene rings is 1. The van der Waals surface area contributed by atoms with Crippen LogP contribution in [0.15, 0.2) is 24.3 Å². The van der Waals surface area contributed by atoms with Gasteiger partial charge in [-0.2, -0.15) is 4.68 Å². The number of phenols is 1. The van der Waals surface area contributed by atoms with Crippen molar-refractivity contribution in [2.45, 2.75) is 25.2 Å². The molecule has 1 aromatic heterocycles. The van der Waals surface area contributed by atoms with Crippen molar-refractivity contribution in [1.29, 1.82) is 0 Å². The molecule has 2 aromatic rings. The number of aromatic nitrogens is 3. The summed E-state index contributed by atoms with van der Waals surface area (Å²) in [5.41, 5.74) is 7.68. The highest BCUT2D eigenvalue weighted by Crippen LogP contribution is 2.38. The summed E-state index contributed by atoms with van der Waals surface area (Å²) >= 11 is 0. The number of nitrogen functional groups attached to an aromatic ring is 1. The zero-order valence-electron chi connectivity index (χ0n) is 9.37. The van der Waals surface area contributed by atoms with E-state index in [1.807, 2.05) is 6.07 Å². The average molecular weight is 230 g/mol. The number of aromatic hydroxyl groups is 1. The SMILES string of the molecule is Nc1c(C2CCC2)nnn1-c1cccc(O)c1. The van der Waals surface area contributed by atoms with Crippen molar-refractivity contribution in [3.8, 4) is 11.4 Å². The smallest absolute Gasteiger partial charge is 0.151 e. The van der Waals surface area contributed by atoms with E-state index in [4.69, 9.17) is 5.73 Å². The molecule has 88 valence electrons. The van der Waals surface area contributed by atoms with Crippen molar-refractivity contribution in [2.24, 2.45) is 0 Å². The van der Waals surface area contributed by atoms with Gasteiger partial charge in [-0.1, -0.05) is 17.7 Å². The Hall–Kier alpha value is -2.04. The number of nitrogens with two attached hydrogens (primary N) is 1. The molecule has 0 spiro atoms. The molecule has 5 heteroatoms. The fraction of sp³-hybridized carbons (Fsp3) is 0.333. The van der Waals surface area contributed by atoms with Gasteiger partial charge in [0.15, 0.2) is 5.82 Å². The first-order valence-corrected chi connectivity index (χ1v) is 5.76. The predicted molar refractivity (Wildman–Crippen MR) is 64.0 cm³/mol. The van der Waals surface area contributed by atoms with E-state index in [1.54, 1.807) is 22.9 Å². The second kappa shape index (κ2) is 3.76. The van der Waals surface area contributed by atoms with Crippen molar-refractivity contribution in [1.82, 2.24) is 15.0 Å². The molecule has 1 aromatic carbocycles. The Bertz CT molecular complexity index is 545. The molecule has 5 nitrogen and oxygen atoms in total. The zero-order valence-corrected chi connectivity index (χ0v) is 9.37. The van der Waals surface area contributed by atoms with Crippen molar-refractivity contribution in [3.63, 3.8) is 0 Å². The molecule has 0 aliphatic heterocycles. The van der Waals surface area contributed by atoms with E-state index in [-0.39, 0.29) is 5.75 Å². The number of rotatable bonds is 2. The lowest BCUT2D eigenvalue weighted by atomic mass is 9.83. The second-order valence-electron chi connectivity index (χ2n) is 4.42. The molecule has 1 aliphatic rings. The number of anilines is 1. The van der Waals surface area contributed by atoms with Crippen molar-refractivity contribution >= 4 is 5.82 Å². The van der Waals surface area contributed by atoms with Gasteiger partial charge in [-0.05, 0) is 25.0 Å². The molecule has 1 aliphatic carbocycles. The molecule has 1 heterocycles. The highest BCUT2D eigenvalue weighted by molar-refractivity contribution is 5.47. The van der Waals surface area contributed by atoms with Crippen LogP contribution in [0, 0.1) is 0 Å². The van der Waals surface area contributed by atoms with Crippen LogP contribution in [-0.2, 0) is 0 Å². The topological polar surface area (TPSA) is 77.0 Å². The summed E-state index contributed by atoms with van der Waals surface area (Å²) in [5, 5.41) is 17.6. The van der Waals surface area contributed by atoms with Gasteiger partial charge in [-0.25, -0.2) is 0 Å². The Kier molecular flexibility index (Phi) is 2.24. The number of hydrogen-bond acceptors (Lipinski definition) is 4. The van der Waals surface area contributed by atoms with Crippen molar-refractivity contribution < 1.29 is 5.11 Å². The minimum atomic E-state index is 0.197. The third kappa shape index (κ3) is 1.63. The van der Waals surface area contributed by atoms with E-state index in [0.717, 1.165) is 24.2 Å². The Morgan fingerprint density at radius 2 is 2.18 bits per heavy atom. The molecule has 3 N–H and O–H groups in total. The Labute approximate surface area is 98.9 Å². The summed E-state index contributed by atoms with van der Waals surface area (Å²) < 4.78 is 1.58. The highest BCUT2D eigenvalue weighted by Gasteiger charge is 2.26. The highest BCUT2D eigenvalue weighted by atomic mass is 16.3. The molecule has 0 unspecified atom stereocenters. The molecular weight excluding hydrogens is 216 g/mol. The summed E-state index contributed by atoms with van der Waals surface area (Å²) in [6.07, 6.45) is 3.52. The third-order valence-electron chi connectivity index (χ3n) is 3.30. The molecule has 0 amide bonds. The zero-order chi connectivity index (χ0) is 11.8. The fourth-order valence-electron chi connectivity index (χ4n) is 2.09. The van der Waals surface area contributed by atoms with Gasteiger partial charge in [0.1, 0.15) is 11.4 Å². The van der Waals surface area contributed by atoms with Crippen LogP contribution >= 0.6 is 0 Å². The lowest BCUT2D eigenvalue weighted by molar-refractivity contribution is 0.411. The van der Waals surface area contributed by atoms with E-state index < -0.39 is 0 Å². The van der Waals surface area contributed by atoms with E-state index in [9.17, 15) is 5.11 Å². The normalized spacial score (nSPS) is 15.8. The molecule has 1 saturated carbocycles. The molecule has 1 fully saturated rings. The Morgan fingerprint density at radius 3 is 2.82 bits per heavy atom. The summed E-state index contributed by atoms with van der Waals surface area (Å²) in [5.74, 6) is 1.24. The first-order chi connectivity index (χ1) is 8.25. The summed E-state index contributed by atoms with van der Waals surface area (Å²) in [6.45, 7) is 0. The first kappa shape index (κ1) is 10.1. The Balaban J connectivity index is 2.00. The van der Waals surface area contributed by atoms with Gasteiger partial charge in [0.25, 0.3) is 0 Å². The lowest BCUT2D eigenvalue weighted by Gasteiger charge is -2.23. The number of phenolic OH excluding ortho intramolecular Hbond substituents is 1. The molecule has 17 heavy (non-hydrogen) atoms. The van der Waals surface area contributed by atoms with Crippen molar-refractivity contribution in [3.05, 3.63) is 30.0 Å². The summed E-state index contributed by atoms with van der Waals surface area (Å²) in [4.78, 5) is 0. The van der Waals surface area contributed by atoms with Gasteiger partial charge >= 0.3 is 0 Å². The Morgan fingerprint density at radius 1 is 1.35 bits per heavy atom. The second-order valence-corrected chi connectivity index (χ2v) is 4.42. The lowest BCUT2D eigenvalue weighted by Crippen LogP contribution is -2.12. The monoisotopic (exact) mass is 230 g/mol. The average Bonchev–Trinajstić information content (AvgIpc) is 2.59. The first-order valence-electron chi connectivity index (χ1n) is 5.76. The summed E-state index contributed by atoms with van der Waals surface area (Å²) in [6, 6.07) is 6.84. The molecular formula is C12H14N4O. The largest absolute Gasteiger partial charge is 0.508 e. The van der Waals surface area contributed by atoms with Gasteiger partial charge in [-0.15, -0.1) is 5.10 Å². The fourth-order valence-corrected chi connectivity index (χ4v) is 2.09. The van der Waals surface area contributed by atoms with Gasteiger partial charge in [0.2, 0.25) is 0 Å². The molecule has 0 atom stereocenters. The van der Waals surface area contributed by atoms with Gasteiger partial charge in [0.05, 0.1) is 5.69 Å². The maximum atomic E-state index is 9.44. The number of hydrogen-bond donors (Lipinski definition) is 2. The predicted octanol–water partition coefficient (Wildman–Crippen LogP) is 1.82. The van der Waals surface area contributed by atoms with Crippen LogP contribution < -0.4 is 5.73 Å². The van der Waals surface area contributed by atoms with Crippen LogP contribution in [0.4, 0.5) is 5.82 Å². The van der Waals surface area contributed by atoms with Crippen LogP contribution in [0.1, 0.15) is 30.9 Å². The molecule has 0 radical (unpaired) electrons. The molecule has 3 rings (SSSR count). The van der Waals surface area contributed by atoms with Gasteiger partial charge in [0, 0.05) is 12.0 Å².